The third-order valence-electron chi connectivity index (χ3n) is 4.16. The second-order valence-corrected chi connectivity index (χ2v) is 5.53. The molecule has 1 fully saturated rings. The highest BCUT2D eigenvalue weighted by Gasteiger charge is 2.27. The fraction of sp³-hybridized carbons (Fsp3) is 0.562. The first kappa shape index (κ1) is 16.7. The van der Waals surface area contributed by atoms with Crippen molar-refractivity contribution in [3.63, 3.8) is 0 Å². The number of carbonyl (C=O) groups is 1. The molecular weight excluding hydrogens is 287 g/mol. The summed E-state index contributed by atoms with van der Waals surface area (Å²) in [6.45, 7) is 5.46. The maximum absolute atomic E-state index is 13.4. The predicted molar refractivity (Wildman–Crippen MR) is 81.5 cm³/mol. The van der Waals surface area contributed by atoms with E-state index in [1.807, 2.05) is 11.8 Å². The van der Waals surface area contributed by atoms with Crippen LogP contribution in [0.5, 0.6) is 5.75 Å². The number of nitrogens with zero attached hydrogens (tertiary/aromatic N) is 2. The summed E-state index contributed by atoms with van der Waals surface area (Å²) >= 11 is 0. The predicted octanol–water partition coefficient (Wildman–Crippen LogP) is 1.82. The molecule has 2 rings (SSSR count). The molecule has 22 heavy (non-hydrogen) atoms. The topological polar surface area (TPSA) is 53.0 Å². The normalized spacial score (nSPS) is 18.1. The fourth-order valence-corrected chi connectivity index (χ4v) is 2.93. The van der Waals surface area contributed by atoms with Crippen LogP contribution >= 0.6 is 0 Å². The van der Waals surface area contributed by atoms with Crippen LogP contribution in [0.3, 0.4) is 0 Å². The number of rotatable bonds is 6. The summed E-state index contributed by atoms with van der Waals surface area (Å²) in [7, 11) is 1.58. The van der Waals surface area contributed by atoms with E-state index < -0.39 is 12.0 Å². The molecule has 122 valence electrons. The first-order valence-corrected chi connectivity index (χ1v) is 7.56. The van der Waals surface area contributed by atoms with Crippen LogP contribution in [-0.2, 0) is 11.3 Å². The van der Waals surface area contributed by atoms with Crippen LogP contribution in [-0.4, -0.2) is 60.2 Å². The second-order valence-electron chi connectivity index (χ2n) is 5.53. The smallest absolute Gasteiger partial charge is 0.320 e. The van der Waals surface area contributed by atoms with Gasteiger partial charge in [-0.25, -0.2) is 4.39 Å². The van der Waals surface area contributed by atoms with E-state index in [2.05, 4.69) is 4.90 Å². The summed E-state index contributed by atoms with van der Waals surface area (Å²) in [5.41, 5.74) is 0.821. The standard InChI is InChI=1S/C16H23FN2O3/c1-3-14(16(20)21)19-8-6-18(7-9-19)11-12-10-13(17)4-5-15(12)22-2/h4-5,10,14H,3,6-9,11H2,1-2H3,(H,20,21). The lowest BCUT2D eigenvalue weighted by Crippen LogP contribution is -2.52. The molecule has 0 saturated carbocycles. The summed E-state index contributed by atoms with van der Waals surface area (Å²) in [5, 5.41) is 9.21. The van der Waals surface area contributed by atoms with Gasteiger partial charge < -0.3 is 9.84 Å². The minimum atomic E-state index is -0.761. The van der Waals surface area contributed by atoms with Gasteiger partial charge in [-0.1, -0.05) is 6.92 Å². The number of aliphatic carboxylic acids is 1. The Morgan fingerprint density at radius 2 is 2.05 bits per heavy atom. The maximum Gasteiger partial charge on any atom is 0.320 e. The lowest BCUT2D eigenvalue weighted by atomic mass is 10.1. The average Bonchev–Trinajstić information content (AvgIpc) is 2.49. The lowest BCUT2D eigenvalue weighted by molar-refractivity contribution is -0.144. The average molecular weight is 310 g/mol. The molecular formula is C16H23FN2O3. The molecule has 1 aliphatic heterocycles. The molecule has 0 bridgehead atoms. The van der Waals surface area contributed by atoms with Crippen molar-refractivity contribution in [2.24, 2.45) is 0 Å². The van der Waals surface area contributed by atoms with E-state index in [0.29, 0.717) is 31.8 Å². The summed E-state index contributed by atoms with van der Waals surface area (Å²) in [4.78, 5) is 15.4. The SMILES string of the molecule is CCC(C(=O)O)N1CCN(Cc2cc(F)ccc2OC)CC1. The van der Waals surface area contributed by atoms with Crippen LogP contribution in [0.2, 0.25) is 0 Å². The minimum absolute atomic E-state index is 0.272. The van der Waals surface area contributed by atoms with Crippen LogP contribution in [0.15, 0.2) is 18.2 Å². The largest absolute Gasteiger partial charge is 0.496 e. The van der Waals surface area contributed by atoms with E-state index in [9.17, 15) is 14.3 Å². The van der Waals surface area contributed by atoms with Crippen molar-refractivity contribution < 1.29 is 19.0 Å². The minimum Gasteiger partial charge on any atom is -0.496 e. The van der Waals surface area contributed by atoms with E-state index in [-0.39, 0.29) is 5.82 Å². The highest BCUT2D eigenvalue weighted by Crippen LogP contribution is 2.22. The number of piperazine rings is 1. The molecule has 5 nitrogen and oxygen atoms in total. The van der Waals surface area contributed by atoms with Gasteiger partial charge in [0.25, 0.3) is 0 Å². The number of carboxylic acids is 1. The van der Waals surface area contributed by atoms with Gasteiger partial charge in [0.2, 0.25) is 0 Å². The van der Waals surface area contributed by atoms with Gasteiger partial charge in [0, 0.05) is 38.3 Å². The number of ether oxygens (including phenoxy) is 1. The molecule has 1 N–H and O–H groups in total. The van der Waals surface area contributed by atoms with Crippen molar-refractivity contribution in [1.82, 2.24) is 9.80 Å². The summed E-state index contributed by atoms with van der Waals surface area (Å²) in [5.74, 6) is -0.352. The Balaban J connectivity index is 1.95. The van der Waals surface area contributed by atoms with Crippen molar-refractivity contribution >= 4 is 5.97 Å². The van der Waals surface area contributed by atoms with E-state index in [1.165, 1.54) is 12.1 Å². The molecule has 6 heteroatoms. The molecule has 1 atom stereocenters. The fourth-order valence-electron chi connectivity index (χ4n) is 2.93. The van der Waals surface area contributed by atoms with Crippen LogP contribution in [0.4, 0.5) is 4.39 Å². The maximum atomic E-state index is 13.4. The van der Waals surface area contributed by atoms with Gasteiger partial charge >= 0.3 is 5.97 Å². The van der Waals surface area contributed by atoms with E-state index in [4.69, 9.17) is 4.74 Å². The van der Waals surface area contributed by atoms with Crippen LogP contribution in [0, 0.1) is 5.82 Å². The molecule has 0 aromatic heterocycles. The monoisotopic (exact) mass is 310 g/mol. The lowest BCUT2D eigenvalue weighted by Gasteiger charge is -2.37. The Labute approximate surface area is 130 Å². The number of hydrogen-bond acceptors (Lipinski definition) is 4. The van der Waals surface area contributed by atoms with Gasteiger partial charge in [0.1, 0.15) is 17.6 Å². The van der Waals surface area contributed by atoms with Crippen LogP contribution < -0.4 is 4.74 Å². The summed E-state index contributed by atoms with van der Waals surface area (Å²) in [6.07, 6.45) is 0.604. The van der Waals surface area contributed by atoms with Crippen LogP contribution in [0.25, 0.3) is 0 Å². The number of methoxy groups -OCH3 is 1. The summed E-state index contributed by atoms with van der Waals surface area (Å²) in [6, 6.07) is 4.11. The molecule has 1 aromatic rings. The van der Waals surface area contributed by atoms with Gasteiger partial charge in [-0.15, -0.1) is 0 Å². The van der Waals surface area contributed by atoms with Crippen molar-refractivity contribution in [2.75, 3.05) is 33.3 Å². The zero-order chi connectivity index (χ0) is 16.1. The zero-order valence-corrected chi connectivity index (χ0v) is 13.1. The Kier molecular flexibility index (Phi) is 5.74. The first-order valence-electron chi connectivity index (χ1n) is 7.56. The molecule has 1 aromatic carbocycles. The van der Waals surface area contributed by atoms with Gasteiger partial charge in [-0.05, 0) is 24.6 Å². The van der Waals surface area contributed by atoms with E-state index >= 15 is 0 Å². The number of hydrogen-bond donors (Lipinski definition) is 1. The molecule has 0 radical (unpaired) electrons. The second kappa shape index (κ2) is 7.56. The van der Waals surface area contributed by atoms with E-state index in [0.717, 1.165) is 18.7 Å². The molecule has 0 amide bonds. The quantitative estimate of drug-likeness (QED) is 0.868. The van der Waals surface area contributed by atoms with Crippen molar-refractivity contribution in [2.45, 2.75) is 25.9 Å². The number of carboxylic acid groups (broad SMARTS) is 1. The Hall–Kier alpha value is -1.66. The third kappa shape index (κ3) is 3.96. The Morgan fingerprint density at radius 3 is 2.59 bits per heavy atom. The Morgan fingerprint density at radius 1 is 1.36 bits per heavy atom. The molecule has 0 spiro atoms. The third-order valence-corrected chi connectivity index (χ3v) is 4.16. The first-order chi connectivity index (χ1) is 10.5. The molecule has 1 aliphatic rings. The zero-order valence-electron chi connectivity index (χ0n) is 13.1. The van der Waals surface area contributed by atoms with Gasteiger partial charge in [-0.2, -0.15) is 0 Å². The highest BCUT2D eigenvalue weighted by molar-refractivity contribution is 5.73. The van der Waals surface area contributed by atoms with Crippen LogP contribution in [0.1, 0.15) is 18.9 Å². The van der Waals surface area contributed by atoms with Gasteiger partial charge in [-0.3, -0.25) is 14.6 Å². The molecule has 1 unspecified atom stereocenters. The molecule has 1 saturated heterocycles. The molecule has 0 aliphatic carbocycles. The Bertz CT molecular complexity index is 516. The van der Waals surface area contributed by atoms with Crippen molar-refractivity contribution in [3.8, 4) is 5.75 Å². The van der Waals surface area contributed by atoms with Crippen molar-refractivity contribution in [1.29, 1.82) is 0 Å². The van der Waals surface area contributed by atoms with Crippen molar-refractivity contribution in [3.05, 3.63) is 29.6 Å². The highest BCUT2D eigenvalue weighted by atomic mass is 19.1. The molecule has 1 heterocycles. The number of halogens is 1. The van der Waals surface area contributed by atoms with E-state index in [1.54, 1.807) is 13.2 Å². The van der Waals surface area contributed by atoms with Gasteiger partial charge in [0.15, 0.2) is 0 Å². The van der Waals surface area contributed by atoms with Gasteiger partial charge in [0.05, 0.1) is 7.11 Å². The summed E-state index contributed by atoms with van der Waals surface area (Å²) < 4.78 is 18.7. The number of benzene rings is 1.